The molecule has 2 heterocycles. The normalized spacial score (nSPS) is 19.4. The van der Waals surface area contributed by atoms with Crippen molar-refractivity contribution in [1.29, 1.82) is 0 Å². The quantitative estimate of drug-likeness (QED) is 0.839. The molecule has 146 valence electrons. The summed E-state index contributed by atoms with van der Waals surface area (Å²) in [6.45, 7) is 4.63. The predicted molar refractivity (Wildman–Crippen MR) is 113 cm³/mol. The lowest BCUT2D eigenvalue weighted by Gasteiger charge is -2.21. The Morgan fingerprint density at radius 1 is 1.14 bits per heavy atom. The Morgan fingerprint density at radius 2 is 1.93 bits per heavy atom. The zero-order valence-electron chi connectivity index (χ0n) is 16.0. The number of nitrogens with one attached hydrogen (secondary N) is 1. The summed E-state index contributed by atoms with van der Waals surface area (Å²) in [6.07, 6.45) is 2.68. The summed E-state index contributed by atoms with van der Waals surface area (Å²) in [5.41, 5.74) is 3.90. The number of aryl methyl sites for hydroxylation is 1. The Balaban J connectivity index is 1.42. The number of benzene rings is 2. The SMILES string of the molecule is Cc1cc(NC(=O)C2CC(=O)N(c3cccc(Cl)c3)C2)ccc1N1CCCC1. The molecule has 2 aliphatic heterocycles. The Hall–Kier alpha value is -2.53. The molecule has 2 aliphatic rings. The fourth-order valence-corrected chi connectivity index (χ4v) is 4.25. The molecule has 0 radical (unpaired) electrons. The van der Waals surface area contributed by atoms with E-state index in [4.69, 9.17) is 11.6 Å². The van der Waals surface area contributed by atoms with Crippen molar-refractivity contribution in [2.24, 2.45) is 5.92 Å². The number of carbonyl (C=O) groups excluding carboxylic acids is 2. The van der Waals surface area contributed by atoms with E-state index in [9.17, 15) is 9.59 Å². The highest BCUT2D eigenvalue weighted by Crippen LogP contribution is 2.29. The van der Waals surface area contributed by atoms with E-state index in [1.54, 1.807) is 17.0 Å². The van der Waals surface area contributed by atoms with Gasteiger partial charge < -0.3 is 15.1 Å². The van der Waals surface area contributed by atoms with Crippen LogP contribution >= 0.6 is 11.6 Å². The molecule has 2 saturated heterocycles. The number of hydrogen-bond donors (Lipinski definition) is 1. The maximum atomic E-state index is 12.7. The molecule has 2 aromatic carbocycles. The van der Waals surface area contributed by atoms with Crippen molar-refractivity contribution >= 4 is 40.5 Å². The fraction of sp³-hybridized carbons (Fsp3) is 0.364. The molecule has 5 nitrogen and oxygen atoms in total. The van der Waals surface area contributed by atoms with Gasteiger partial charge in [0.25, 0.3) is 0 Å². The van der Waals surface area contributed by atoms with Crippen molar-refractivity contribution in [1.82, 2.24) is 0 Å². The topological polar surface area (TPSA) is 52.7 Å². The molecule has 0 aliphatic carbocycles. The summed E-state index contributed by atoms with van der Waals surface area (Å²) in [5, 5.41) is 3.56. The highest BCUT2D eigenvalue weighted by atomic mass is 35.5. The van der Waals surface area contributed by atoms with Gasteiger partial charge in [0.2, 0.25) is 11.8 Å². The van der Waals surface area contributed by atoms with E-state index < -0.39 is 0 Å². The lowest BCUT2D eigenvalue weighted by atomic mass is 10.1. The average Bonchev–Trinajstić information content (AvgIpc) is 3.32. The van der Waals surface area contributed by atoms with Crippen molar-refractivity contribution in [2.75, 3.05) is 34.8 Å². The molecule has 6 heteroatoms. The minimum absolute atomic E-state index is 0.0528. The van der Waals surface area contributed by atoms with Crippen LogP contribution in [0.15, 0.2) is 42.5 Å². The highest BCUT2D eigenvalue weighted by Gasteiger charge is 2.35. The van der Waals surface area contributed by atoms with Crippen LogP contribution in [-0.4, -0.2) is 31.4 Å². The molecule has 1 N–H and O–H groups in total. The van der Waals surface area contributed by atoms with Gasteiger partial charge in [0.05, 0.1) is 5.92 Å². The van der Waals surface area contributed by atoms with Gasteiger partial charge in [-0.25, -0.2) is 0 Å². The summed E-state index contributed by atoms with van der Waals surface area (Å²) in [5.74, 6) is -0.542. The molecule has 2 aromatic rings. The Kier molecular flexibility index (Phi) is 5.27. The number of rotatable bonds is 4. The van der Waals surface area contributed by atoms with Gasteiger partial charge in [-0.2, -0.15) is 0 Å². The standard InChI is InChI=1S/C22H24ClN3O2/c1-15-11-18(7-8-20(15)25-9-2-3-10-25)24-22(28)16-12-21(27)26(14-16)19-6-4-5-17(23)13-19/h4-8,11,13,16H,2-3,9-10,12,14H2,1H3,(H,24,28). The summed E-state index contributed by atoms with van der Waals surface area (Å²) in [4.78, 5) is 29.2. The van der Waals surface area contributed by atoms with Crippen LogP contribution in [0.2, 0.25) is 5.02 Å². The van der Waals surface area contributed by atoms with Crippen LogP contribution in [0, 0.1) is 12.8 Å². The van der Waals surface area contributed by atoms with Gasteiger partial charge in [-0.05, 0) is 61.7 Å². The van der Waals surface area contributed by atoms with Crippen molar-refractivity contribution < 1.29 is 9.59 Å². The smallest absolute Gasteiger partial charge is 0.229 e. The van der Waals surface area contributed by atoms with Gasteiger partial charge in [-0.3, -0.25) is 9.59 Å². The summed E-state index contributed by atoms with van der Waals surface area (Å²) >= 11 is 6.03. The van der Waals surface area contributed by atoms with E-state index in [0.717, 1.165) is 30.0 Å². The number of hydrogen-bond acceptors (Lipinski definition) is 3. The minimum atomic E-state index is -0.370. The molecule has 1 atom stereocenters. The fourth-order valence-electron chi connectivity index (χ4n) is 4.07. The monoisotopic (exact) mass is 397 g/mol. The molecule has 4 rings (SSSR count). The zero-order chi connectivity index (χ0) is 19.7. The first kappa shape index (κ1) is 18.8. The second kappa shape index (κ2) is 7.84. The number of anilines is 3. The maximum absolute atomic E-state index is 12.7. The van der Waals surface area contributed by atoms with Crippen LogP contribution in [0.25, 0.3) is 0 Å². The number of halogens is 1. The number of carbonyl (C=O) groups is 2. The Morgan fingerprint density at radius 3 is 2.64 bits per heavy atom. The van der Waals surface area contributed by atoms with Gasteiger partial charge in [0.15, 0.2) is 0 Å². The second-order valence-corrected chi connectivity index (χ2v) is 8.01. The number of nitrogens with zero attached hydrogens (tertiary/aromatic N) is 2. The van der Waals surface area contributed by atoms with E-state index in [0.29, 0.717) is 11.6 Å². The van der Waals surface area contributed by atoms with Gasteiger partial charge in [0, 0.05) is 48.1 Å². The van der Waals surface area contributed by atoms with E-state index in [2.05, 4.69) is 23.2 Å². The highest BCUT2D eigenvalue weighted by molar-refractivity contribution is 6.31. The molecule has 28 heavy (non-hydrogen) atoms. The van der Waals surface area contributed by atoms with Crippen LogP contribution in [0.1, 0.15) is 24.8 Å². The second-order valence-electron chi connectivity index (χ2n) is 7.57. The molecule has 0 bridgehead atoms. The van der Waals surface area contributed by atoms with Crippen LogP contribution in [-0.2, 0) is 9.59 Å². The third-order valence-corrected chi connectivity index (χ3v) is 5.76. The average molecular weight is 398 g/mol. The van der Waals surface area contributed by atoms with E-state index in [1.807, 2.05) is 24.3 Å². The summed E-state index contributed by atoms with van der Waals surface area (Å²) in [7, 11) is 0. The molecule has 0 saturated carbocycles. The van der Waals surface area contributed by atoms with E-state index in [-0.39, 0.29) is 24.2 Å². The molecule has 0 aromatic heterocycles. The van der Waals surface area contributed by atoms with Crippen LogP contribution in [0.5, 0.6) is 0 Å². The van der Waals surface area contributed by atoms with Crippen LogP contribution in [0.4, 0.5) is 17.1 Å². The summed E-state index contributed by atoms with van der Waals surface area (Å²) < 4.78 is 0. The van der Waals surface area contributed by atoms with Crippen molar-refractivity contribution in [3.05, 3.63) is 53.1 Å². The van der Waals surface area contributed by atoms with Crippen molar-refractivity contribution in [3.63, 3.8) is 0 Å². The third kappa shape index (κ3) is 3.85. The number of amides is 2. The predicted octanol–water partition coefficient (Wildman–Crippen LogP) is 4.24. The minimum Gasteiger partial charge on any atom is -0.371 e. The molecular formula is C22H24ClN3O2. The van der Waals surface area contributed by atoms with Crippen LogP contribution < -0.4 is 15.1 Å². The lowest BCUT2D eigenvalue weighted by molar-refractivity contribution is -0.122. The van der Waals surface area contributed by atoms with Gasteiger partial charge in [-0.15, -0.1) is 0 Å². The van der Waals surface area contributed by atoms with E-state index in [1.165, 1.54) is 18.5 Å². The lowest BCUT2D eigenvalue weighted by Crippen LogP contribution is -2.28. The molecule has 1 unspecified atom stereocenters. The first-order chi connectivity index (χ1) is 13.5. The first-order valence-corrected chi connectivity index (χ1v) is 10.1. The van der Waals surface area contributed by atoms with Crippen molar-refractivity contribution in [2.45, 2.75) is 26.2 Å². The maximum Gasteiger partial charge on any atom is 0.229 e. The van der Waals surface area contributed by atoms with Crippen molar-refractivity contribution in [3.8, 4) is 0 Å². The van der Waals surface area contributed by atoms with Crippen LogP contribution in [0.3, 0.4) is 0 Å². The Labute approximate surface area is 170 Å². The third-order valence-electron chi connectivity index (χ3n) is 5.53. The Bertz CT molecular complexity index is 908. The molecular weight excluding hydrogens is 374 g/mol. The molecule has 2 amide bonds. The largest absolute Gasteiger partial charge is 0.371 e. The van der Waals surface area contributed by atoms with Gasteiger partial charge in [-0.1, -0.05) is 17.7 Å². The summed E-state index contributed by atoms with van der Waals surface area (Å²) in [6, 6.07) is 13.2. The van der Waals surface area contributed by atoms with E-state index >= 15 is 0 Å². The molecule has 2 fully saturated rings. The van der Waals surface area contributed by atoms with Gasteiger partial charge >= 0.3 is 0 Å². The zero-order valence-corrected chi connectivity index (χ0v) is 16.7. The first-order valence-electron chi connectivity index (χ1n) is 9.73. The molecule has 0 spiro atoms. The van der Waals surface area contributed by atoms with Gasteiger partial charge in [0.1, 0.15) is 0 Å².